The molecule has 0 amide bonds. The van der Waals surface area contributed by atoms with E-state index in [0.717, 1.165) is 4.88 Å². The van der Waals surface area contributed by atoms with E-state index in [9.17, 15) is 8.42 Å². The normalized spacial score (nSPS) is 11.7. The van der Waals surface area contributed by atoms with Crippen molar-refractivity contribution in [3.63, 3.8) is 0 Å². The maximum atomic E-state index is 12.8. The molecule has 4 rings (SSSR count). The standard InChI is InChI=1S/C17H12ClN3O3S2/c18-12-3-1-4-14(9-12)21-7-6-19-17(21)26(22,23)11-13-10-15(24-20-13)16-5-2-8-25-16/h1-10H,11H2. The summed E-state index contributed by atoms with van der Waals surface area (Å²) in [6, 6.07) is 12.3. The number of halogens is 1. The molecule has 0 aliphatic rings. The number of nitrogens with zero attached hydrogens (tertiary/aromatic N) is 3. The lowest BCUT2D eigenvalue weighted by Gasteiger charge is -2.08. The Kier molecular flexibility index (Phi) is 4.39. The Hall–Kier alpha value is -2.42. The van der Waals surface area contributed by atoms with Gasteiger partial charge in [0.15, 0.2) is 5.76 Å². The van der Waals surface area contributed by atoms with Crippen LogP contribution in [0, 0.1) is 0 Å². The van der Waals surface area contributed by atoms with E-state index in [1.807, 2.05) is 17.5 Å². The monoisotopic (exact) mass is 405 g/mol. The number of hydrogen-bond donors (Lipinski definition) is 0. The van der Waals surface area contributed by atoms with Crippen molar-refractivity contribution < 1.29 is 12.9 Å². The molecule has 0 atom stereocenters. The summed E-state index contributed by atoms with van der Waals surface area (Å²) in [6.45, 7) is 0. The minimum absolute atomic E-state index is 0.0690. The van der Waals surface area contributed by atoms with Gasteiger partial charge >= 0.3 is 0 Å². The Labute approximate surface area is 158 Å². The van der Waals surface area contributed by atoms with Crippen molar-refractivity contribution in [3.8, 4) is 16.3 Å². The average Bonchev–Trinajstić information content (AvgIpc) is 3.35. The maximum absolute atomic E-state index is 12.8. The van der Waals surface area contributed by atoms with E-state index in [2.05, 4.69) is 10.1 Å². The van der Waals surface area contributed by atoms with Gasteiger partial charge in [-0.3, -0.25) is 4.57 Å². The highest BCUT2D eigenvalue weighted by molar-refractivity contribution is 7.90. The largest absolute Gasteiger partial charge is 0.355 e. The number of imidazole rings is 1. The van der Waals surface area contributed by atoms with Gasteiger partial charge in [0.25, 0.3) is 0 Å². The van der Waals surface area contributed by atoms with Gasteiger partial charge in [-0.05, 0) is 29.6 Å². The third kappa shape index (κ3) is 3.31. The van der Waals surface area contributed by atoms with E-state index in [1.54, 1.807) is 36.5 Å². The molecule has 4 aromatic rings. The highest BCUT2D eigenvalue weighted by atomic mass is 35.5. The number of hydrogen-bond acceptors (Lipinski definition) is 6. The van der Waals surface area contributed by atoms with E-state index in [0.29, 0.717) is 22.2 Å². The summed E-state index contributed by atoms with van der Waals surface area (Å²) in [7, 11) is -3.73. The summed E-state index contributed by atoms with van der Waals surface area (Å²) in [5, 5.41) is 6.23. The molecule has 0 radical (unpaired) electrons. The molecule has 0 unspecified atom stereocenters. The Morgan fingerprint density at radius 1 is 1.19 bits per heavy atom. The lowest BCUT2D eigenvalue weighted by atomic mass is 10.3. The number of sulfone groups is 1. The second-order valence-corrected chi connectivity index (χ2v) is 8.75. The van der Waals surface area contributed by atoms with Crippen LogP contribution in [-0.2, 0) is 15.6 Å². The van der Waals surface area contributed by atoms with Gasteiger partial charge < -0.3 is 4.52 Å². The van der Waals surface area contributed by atoms with Crippen molar-refractivity contribution in [3.05, 3.63) is 71.0 Å². The van der Waals surface area contributed by atoms with Crippen molar-refractivity contribution in [2.45, 2.75) is 10.9 Å². The van der Waals surface area contributed by atoms with Gasteiger partial charge in [-0.25, -0.2) is 13.4 Å². The van der Waals surface area contributed by atoms with E-state index in [1.165, 1.54) is 22.1 Å². The molecule has 0 saturated carbocycles. The average molecular weight is 406 g/mol. The van der Waals surface area contributed by atoms with E-state index in [4.69, 9.17) is 16.1 Å². The molecule has 0 saturated heterocycles. The van der Waals surface area contributed by atoms with Crippen molar-refractivity contribution >= 4 is 32.8 Å². The van der Waals surface area contributed by atoms with Crippen LogP contribution in [0.1, 0.15) is 5.69 Å². The molecule has 132 valence electrons. The maximum Gasteiger partial charge on any atom is 0.232 e. The SMILES string of the molecule is O=S(=O)(Cc1cc(-c2cccs2)on1)c1nccn1-c1cccc(Cl)c1. The van der Waals surface area contributed by atoms with Crippen molar-refractivity contribution in [1.82, 2.24) is 14.7 Å². The lowest BCUT2D eigenvalue weighted by molar-refractivity contribution is 0.426. The molecule has 0 bridgehead atoms. The molecular formula is C17H12ClN3O3S2. The Morgan fingerprint density at radius 2 is 2.08 bits per heavy atom. The molecule has 0 aliphatic carbocycles. The Bertz CT molecular complexity index is 1150. The zero-order chi connectivity index (χ0) is 18.1. The molecule has 3 heterocycles. The van der Waals surface area contributed by atoms with Crippen LogP contribution < -0.4 is 0 Å². The Balaban J connectivity index is 1.65. The van der Waals surface area contributed by atoms with Crippen LogP contribution in [0.2, 0.25) is 5.02 Å². The zero-order valence-corrected chi connectivity index (χ0v) is 15.6. The third-order valence-electron chi connectivity index (χ3n) is 3.63. The summed E-state index contributed by atoms with van der Waals surface area (Å²) in [4.78, 5) is 4.91. The van der Waals surface area contributed by atoms with Crippen LogP contribution >= 0.6 is 22.9 Å². The van der Waals surface area contributed by atoms with Gasteiger partial charge in [0.05, 0.1) is 10.6 Å². The predicted molar refractivity (Wildman–Crippen MR) is 99.3 cm³/mol. The van der Waals surface area contributed by atoms with Crippen LogP contribution in [0.15, 0.2) is 69.9 Å². The van der Waals surface area contributed by atoms with E-state index >= 15 is 0 Å². The van der Waals surface area contributed by atoms with Crippen molar-refractivity contribution in [1.29, 1.82) is 0 Å². The molecule has 9 heteroatoms. The smallest absolute Gasteiger partial charge is 0.232 e. The summed E-state index contributed by atoms with van der Waals surface area (Å²) < 4.78 is 32.4. The van der Waals surface area contributed by atoms with Crippen LogP contribution in [0.25, 0.3) is 16.3 Å². The number of aromatic nitrogens is 3. The molecule has 0 aliphatic heterocycles. The van der Waals surface area contributed by atoms with Crippen LogP contribution in [0.5, 0.6) is 0 Å². The second kappa shape index (κ2) is 6.71. The molecule has 26 heavy (non-hydrogen) atoms. The van der Waals surface area contributed by atoms with Gasteiger partial charge in [0.2, 0.25) is 15.0 Å². The highest BCUT2D eigenvalue weighted by Crippen LogP contribution is 2.27. The van der Waals surface area contributed by atoms with Crippen molar-refractivity contribution in [2.75, 3.05) is 0 Å². The lowest BCUT2D eigenvalue weighted by Crippen LogP contribution is -2.12. The second-order valence-electron chi connectivity index (χ2n) is 5.48. The number of thiophene rings is 1. The first-order valence-corrected chi connectivity index (χ1v) is 10.5. The molecule has 3 aromatic heterocycles. The van der Waals surface area contributed by atoms with Gasteiger partial charge in [0, 0.05) is 29.2 Å². The predicted octanol–water partition coefficient (Wildman–Crippen LogP) is 4.22. The highest BCUT2D eigenvalue weighted by Gasteiger charge is 2.24. The van der Waals surface area contributed by atoms with E-state index in [-0.39, 0.29) is 10.9 Å². The van der Waals surface area contributed by atoms with Crippen LogP contribution in [-0.4, -0.2) is 23.1 Å². The van der Waals surface area contributed by atoms with Gasteiger partial charge in [-0.15, -0.1) is 11.3 Å². The molecule has 0 fully saturated rings. The summed E-state index contributed by atoms with van der Waals surface area (Å²) in [5.74, 6) is 0.239. The Morgan fingerprint density at radius 3 is 2.85 bits per heavy atom. The van der Waals surface area contributed by atoms with Crippen molar-refractivity contribution in [2.24, 2.45) is 0 Å². The zero-order valence-electron chi connectivity index (χ0n) is 13.2. The fourth-order valence-corrected chi connectivity index (χ4v) is 4.72. The fraction of sp³-hybridized carbons (Fsp3) is 0.0588. The third-order valence-corrected chi connectivity index (χ3v) is 6.29. The first-order chi connectivity index (χ1) is 12.5. The molecule has 1 aromatic carbocycles. The minimum atomic E-state index is -3.73. The van der Waals surface area contributed by atoms with Gasteiger partial charge in [0.1, 0.15) is 5.75 Å². The molecule has 6 nitrogen and oxygen atoms in total. The summed E-state index contributed by atoms with van der Waals surface area (Å²) in [5.41, 5.74) is 0.946. The van der Waals surface area contributed by atoms with Gasteiger partial charge in [-0.2, -0.15) is 0 Å². The summed E-state index contributed by atoms with van der Waals surface area (Å²) in [6.07, 6.45) is 3.02. The number of benzene rings is 1. The number of rotatable bonds is 5. The van der Waals surface area contributed by atoms with Crippen LogP contribution in [0.3, 0.4) is 0 Å². The quantitative estimate of drug-likeness (QED) is 0.496. The van der Waals surface area contributed by atoms with Crippen LogP contribution in [0.4, 0.5) is 0 Å². The summed E-state index contributed by atoms with van der Waals surface area (Å²) >= 11 is 7.50. The minimum Gasteiger partial charge on any atom is -0.355 e. The topological polar surface area (TPSA) is 78.0 Å². The van der Waals surface area contributed by atoms with Gasteiger partial charge in [-0.1, -0.05) is 28.9 Å². The van der Waals surface area contributed by atoms with E-state index < -0.39 is 9.84 Å². The molecular weight excluding hydrogens is 394 g/mol. The first-order valence-electron chi connectivity index (χ1n) is 7.54. The molecule has 0 spiro atoms. The molecule has 0 N–H and O–H groups in total. The fourth-order valence-electron chi connectivity index (χ4n) is 2.52. The first kappa shape index (κ1) is 17.0.